The molecule has 0 amide bonds. The summed E-state index contributed by atoms with van der Waals surface area (Å²) in [7, 11) is 10.5. The van der Waals surface area contributed by atoms with Gasteiger partial charge in [-0.2, -0.15) is 0 Å². The van der Waals surface area contributed by atoms with Gasteiger partial charge in [0.15, 0.2) is 0 Å². The summed E-state index contributed by atoms with van der Waals surface area (Å²) in [4.78, 5) is 0. The highest BCUT2D eigenvalue weighted by molar-refractivity contribution is 6.38. The van der Waals surface area contributed by atoms with Crippen LogP contribution >= 0.6 is 0 Å². The van der Waals surface area contributed by atoms with E-state index in [0.29, 0.717) is 11.3 Å². The average Bonchev–Trinajstić information content (AvgIpc) is 1.92. The Morgan fingerprint density at radius 2 is 2.00 bits per heavy atom. The summed E-state index contributed by atoms with van der Waals surface area (Å²) >= 11 is 0. The van der Waals surface area contributed by atoms with Crippen molar-refractivity contribution in [2.75, 3.05) is 5.73 Å². The van der Waals surface area contributed by atoms with Gasteiger partial charge in [0.05, 0.1) is 0 Å². The summed E-state index contributed by atoms with van der Waals surface area (Å²) in [6.07, 6.45) is 0. The average molecular weight is 157 g/mol. The van der Waals surface area contributed by atoms with Gasteiger partial charge < -0.3 is 10.8 Å². The number of nitrogen functional groups attached to an aromatic ring is 1. The zero-order chi connectivity index (χ0) is 9.35. The Hall–Kier alpha value is -0.890. The molecule has 1 rings (SSSR count). The summed E-state index contributed by atoms with van der Waals surface area (Å²) in [5.41, 5.74) is 7.51. The Balaban J connectivity index is 3.14. The molecule has 0 aliphatic heterocycles. The molecule has 2 nitrogen and oxygen atoms in total. The van der Waals surface area contributed by atoms with Crippen LogP contribution in [-0.2, 0) is 5.40 Å². The number of rotatable bonds is 1. The lowest BCUT2D eigenvalue weighted by Crippen LogP contribution is -2.25. The minimum Gasteiger partial charge on any atom is -0.405 e. The highest BCUT2D eigenvalue weighted by Crippen LogP contribution is 2.19. The minimum absolute atomic E-state index is 0.408. The number of hydrogen-bond donors (Lipinski definition) is 2. The number of benzene rings is 1. The zero-order valence-electron chi connectivity index (χ0n) is 6.91. The summed E-state index contributed by atoms with van der Waals surface area (Å²) in [5.74, 6) is 0. The van der Waals surface area contributed by atoms with E-state index >= 15 is 0 Å². The molecule has 4 radical (unpaired) electrons. The second-order valence-electron chi connectivity index (χ2n) is 2.90. The fraction of sp³-hybridized carbons (Fsp3) is 0.250. The van der Waals surface area contributed by atoms with E-state index in [9.17, 15) is 5.11 Å². The van der Waals surface area contributed by atoms with E-state index in [4.69, 9.17) is 21.4 Å². The first-order chi connectivity index (χ1) is 5.41. The van der Waals surface area contributed by atoms with Crippen molar-refractivity contribution in [3.63, 3.8) is 0 Å². The molecule has 0 aliphatic rings. The molecule has 0 heterocycles. The number of aliphatic hydroxyl groups is 1. The predicted octanol–water partition coefficient (Wildman–Crippen LogP) is 0.0168. The van der Waals surface area contributed by atoms with Gasteiger partial charge in [-0.15, -0.1) is 0 Å². The third-order valence-electron chi connectivity index (χ3n) is 1.74. The molecule has 0 fully saturated rings. The third-order valence-corrected chi connectivity index (χ3v) is 1.74. The van der Waals surface area contributed by atoms with Crippen LogP contribution in [0.3, 0.4) is 0 Å². The Labute approximate surface area is 74.6 Å². The topological polar surface area (TPSA) is 46.2 Å². The summed E-state index contributed by atoms with van der Waals surface area (Å²) < 4.78 is 0. The molecular formula is C8H9B2NO. The molecule has 0 bridgehead atoms. The van der Waals surface area contributed by atoms with Crippen molar-refractivity contribution in [3.8, 4) is 0 Å². The standard InChI is InChI=1S/C8H9B2NO/c1-5-2-3-6(4-7(5)11)8(9,10)12/h2-4,12H,11H2,1H3. The number of anilines is 1. The summed E-state index contributed by atoms with van der Waals surface area (Å²) in [6, 6.07) is 4.97. The van der Waals surface area contributed by atoms with Crippen LogP contribution in [0, 0.1) is 6.92 Å². The lowest BCUT2D eigenvalue weighted by molar-refractivity contribution is 0.217. The molecule has 0 spiro atoms. The van der Waals surface area contributed by atoms with Gasteiger partial charge in [-0.3, -0.25) is 0 Å². The molecule has 0 aromatic heterocycles. The first-order valence-corrected chi connectivity index (χ1v) is 3.58. The van der Waals surface area contributed by atoms with E-state index < -0.39 is 5.40 Å². The molecule has 1 aromatic carbocycles. The van der Waals surface area contributed by atoms with Crippen molar-refractivity contribution < 1.29 is 5.11 Å². The van der Waals surface area contributed by atoms with Crippen molar-refractivity contribution in [1.82, 2.24) is 0 Å². The van der Waals surface area contributed by atoms with Crippen LogP contribution in [0.5, 0.6) is 0 Å². The maximum absolute atomic E-state index is 9.20. The largest absolute Gasteiger partial charge is 0.405 e. The Morgan fingerprint density at radius 3 is 2.42 bits per heavy atom. The summed E-state index contributed by atoms with van der Waals surface area (Å²) in [5, 5.41) is 7.40. The Morgan fingerprint density at radius 1 is 1.42 bits per heavy atom. The maximum Gasteiger partial charge on any atom is 0.105 e. The van der Waals surface area contributed by atoms with Crippen LogP contribution in [0.25, 0.3) is 0 Å². The first kappa shape index (κ1) is 9.20. The third kappa shape index (κ3) is 1.83. The SMILES string of the molecule is [B]C([B])(O)c1ccc(C)c(N)c1. The second kappa shape index (κ2) is 2.87. The summed E-state index contributed by atoms with van der Waals surface area (Å²) in [6.45, 7) is 1.87. The van der Waals surface area contributed by atoms with Crippen molar-refractivity contribution in [3.05, 3.63) is 29.3 Å². The van der Waals surface area contributed by atoms with Crippen LogP contribution in [0.15, 0.2) is 18.2 Å². The van der Waals surface area contributed by atoms with Crippen LogP contribution in [0.1, 0.15) is 11.1 Å². The van der Waals surface area contributed by atoms with Gasteiger partial charge >= 0.3 is 0 Å². The van der Waals surface area contributed by atoms with E-state index in [1.165, 1.54) is 0 Å². The van der Waals surface area contributed by atoms with Gasteiger partial charge in [0.25, 0.3) is 0 Å². The molecule has 1 aromatic rings. The van der Waals surface area contributed by atoms with Gasteiger partial charge in [0.2, 0.25) is 0 Å². The number of hydrogen-bond acceptors (Lipinski definition) is 2. The quantitative estimate of drug-likeness (QED) is 0.445. The normalized spacial score (nSPS) is 11.5. The fourth-order valence-electron chi connectivity index (χ4n) is 0.890. The molecular weight excluding hydrogens is 148 g/mol. The van der Waals surface area contributed by atoms with Gasteiger partial charge in [-0.05, 0) is 24.1 Å². The Kier molecular flexibility index (Phi) is 2.20. The number of nitrogens with two attached hydrogens (primary N) is 1. The molecule has 0 unspecified atom stereocenters. The molecule has 0 aliphatic carbocycles. The van der Waals surface area contributed by atoms with Crippen LogP contribution in [0.2, 0.25) is 0 Å². The van der Waals surface area contributed by atoms with E-state index in [1.807, 2.05) is 6.92 Å². The molecule has 58 valence electrons. The van der Waals surface area contributed by atoms with Crippen molar-refractivity contribution >= 4 is 21.4 Å². The predicted molar refractivity (Wildman–Crippen MR) is 51.0 cm³/mol. The van der Waals surface area contributed by atoms with E-state index in [0.717, 1.165) is 5.56 Å². The van der Waals surface area contributed by atoms with E-state index in [2.05, 4.69) is 0 Å². The van der Waals surface area contributed by atoms with E-state index in [1.54, 1.807) is 18.2 Å². The lowest BCUT2D eigenvalue weighted by atomic mass is 9.61. The Bertz CT molecular complexity index is 294. The number of aryl methyl sites for hydroxylation is 1. The minimum atomic E-state index is -1.80. The van der Waals surface area contributed by atoms with Crippen LogP contribution in [-0.4, -0.2) is 20.8 Å². The molecule has 0 atom stereocenters. The molecule has 0 saturated heterocycles. The van der Waals surface area contributed by atoms with Gasteiger partial charge in [0, 0.05) is 11.1 Å². The molecule has 3 N–H and O–H groups in total. The van der Waals surface area contributed by atoms with Crippen molar-refractivity contribution in [2.24, 2.45) is 0 Å². The van der Waals surface area contributed by atoms with Gasteiger partial charge in [-0.1, -0.05) is 12.1 Å². The molecule has 0 saturated carbocycles. The maximum atomic E-state index is 9.20. The first-order valence-electron chi connectivity index (χ1n) is 3.58. The zero-order valence-corrected chi connectivity index (χ0v) is 6.91. The lowest BCUT2D eigenvalue weighted by Gasteiger charge is -2.19. The molecule has 12 heavy (non-hydrogen) atoms. The van der Waals surface area contributed by atoms with Gasteiger partial charge in [-0.25, -0.2) is 0 Å². The van der Waals surface area contributed by atoms with Gasteiger partial charge in [0.1, 0.15) is 15.7 Å². The second-order valence-corrected chi connectivity index (χ2v) is 2.90. The molecule has 4 heteroatoms. The van der Waals surface area contributed by atoms with Crippen molar-refractivity contribution in [2.45, 2.75) is 12.3 Å². The highest BCUT2D eigenvalue weighted by atomic mass is 16.3. The monoisotopic (exact) mass is 157 g/mol. The fourth-order valence-corrected chi connectivity index (χ4v) is 0.890. The smallest absolute Gasteiger partial charge is 0.105 e. The van der Waals surface area contributed by atoms with E-state index in [-0.39, 0.29) is 0 Å². The van der Waals surface area contributed by atoms with Crippen molar-refractivity contribution in [1.29, 1.82) is 0 Å². The highest BCUT2D eigenvalue weighted by Gasteiger charge is 2.14. The van der Waals surface area contributed by atoms with Crippen LogP contribution in [0.4, 0.5) is 5.69 Å². The van der Waals surface area contributed by atoms with Crippen LogP contribution < -0.4 is 5.73 Å².